The van der Waals surface area contributed by atoms with Gasteiger partial charge in [0.25, 0.3) is 0 Å². The number of hydrogen-bond acceptors (Lipinski definition) is 5. The van der Waals surface area contributed by atoms with E-state index < -0.39 is 0 Å². The van der Waals surface area contributed by atoms with Crippen LogP contribution < -0.4 is 5.32 Å². The van der Waals surface area contributed by atoms with Crippen molar-refractivity contribution in [3.05, 3.63) is 0 Å². The molecule has 0 atom stereocenters. The molecule has 18 heavy (non-hydrogen) atoms. The fraction of sp³-hybridized carbons (Fsp3) is 0.833. The minimum Gasteiger partial charge on any atom is -0.469 e. The molecule has 1 rings (SSSR count). The summed E-state index contributed by atoms with van der Waals surface area (Å²) in [6.07, 6.45) is 1.26. The quantitative estimate of drug-likeness (QED) is 0.505. The number of hydrogen-bond donors (Lipinski definition) is 1. The van der Waals surface area contributed by atoms with E-state index in [4.69, 9.17) is 4.74 Å². The summed E-state index contributed by atoms with van der Waals surface area (Å²) in [5.74, 6) is -0.444. The zero-order valence-corrected chi connectivity index (χ0v) is 10.9. The van der Waals surface area contributed by atoms with Gasteiger partial charge in [-0.25, -0.2) is 0 Å². The van der Waals surface area contributed by atoms with Gasteiger partial charge in [-0.1, -0.05) is 0 Å². The first-order chi connectivity index (χ1) is 8.72. The molecule has 0 saturated carbocycles. The molecule has 1 aliphatic rings. The summed E-state index contributed by atoms with van der Waals surface area (Å²) in [4.78, 5) is 24.5. The van der Waals surface area contributed by atoms with Crippen LogP contribution in [0.3, 0.4) is 0 Å². The second kappa shape index (κ2) is 8.88. The minimum atomic E-state index is -0.349. The molecule has 0 radical (unpaired) electrons. The number of methoxy groups -OCH3 is 1. The van der Waals surface area contributed by atoms with Gasteiger partial charge in [0.05, 0.1) is 26.7 Å². The van der Waals surface area contributed by atoms with E-state index in [-0.39, 0.29) is 24.7 Å². The van der Waals surface area contributed by atoms with Crippen molar-refractivity contribution in [2.24, 2.45) is 0 Å². The topological polar surface area (TPSA) is 67.9 Å². The van der Waals surface area contributed by atoms with Crippen LogP contribution in [0.1, 0.15) is 19.3 Å². The predicted octanol–water partition coefficient (Wildman–Crippen LogP) is -0.222. The second-order valence-corrected chi connectivity index (χ2v) is 4.23. The van der Waals surface area contributed by atoms with E-state index in [0.29, 0.717) is 6.54 Å². The maximum absolute atomic E-state index is 11.4. The molecule has 1 fully saturated rings. The Kier molecular flexibility index (Phi) is 7.36. The van der Waals surface area contributed by atoms with Crippen LogP contribution in [-0.2, 0) is 19.1 Å². The first-order valence-corrected chi connectivity index (χ1v) is 6.36. The van der Waals surface area contributed by atoms with Gasteiger partial charge in [-0.2, -0.15) is 0 Å². The molecule has 1 aliphatic heterocycles. The summed E-state index contributed by atoms with van der Waals surface area (Å²) in [6, 6.07) is 0. The number of amides is 1. The van der Waals surface area contributed by atoms with Crippen LogP contribution in [0.25, 0.3) is 0 Å². The molecular weight excluding hydrogens is 236 g/mol. The standard InChI is InChI=1S/C12H22N2O4/c1-17-12(16)4-3-11(15)13-5-2-6-14-7-9-18-10-8-14/h2-10H2,1H3,(H,13,15). The number of carbonyl (C=O) groups is 2. The highest BCUT2D eigenvalue weighted by Gasteiger charge is 2.10. The Balaban J connectivity index is 1.96. The van der Waals surface area contributed by atoms with E-state index in [9.17, 15) is 9.59 Å². The highest BCUT2D eigenvalue weighted by atomic mass is 16.5. The number of morpholine rings is 1. The highest BCUT2D eigenvalue weighted by molar-refractivity contribution is 5.81. The van der Waals surface area contributed by atoms with Gasteiger partial charge in [0.1, 0.15) is 0 Å². The monoisotopic (exact) mass is 258 g/mol. The largest absolute Gasteiger partial charge is 0.469 e. The van der Waals surface area contributed by atoms with Crippen LogP contribution in [0.4, 0.5) is 0 Å². The summed E-state index contributed by atoms with van der Waals surface area (Å²) in [5, 5.41) is 2.80. The summed E-state index contributed by atoms with van der Waals surface area (Å²) in [7, 11) is 1.32. The first-order valence-electron chi connectivity index (χ1n) is 6.36. The van der Waals surface area contributed by atoms with Gasteiger partial charge in [0, 0.05) is 26.1 Å². The predicted molar refractivity (Wildman–Crippen MR) is 66.1 cm³/mol. The molecule has 0 unspecified atom stereocenters. The molecule has 1 amide bonds. The number of nitrogens with zero attached hydrogens (tertiary/aromatic N) is 1. The van der Waals surface area contributed by atoms with E-state index in [0.717, 1.165) is 39.3 Å². The minimum absolute atomic E-state index is 0.0950. The van der Waals surface area contributed by atoms with Crippen molar-refractivity contribution in [2.45, 2.75) is 19.3 Å². The summed E-state index contributed by atoms with van der Waals surface area (Å²) in [6.45, 7) is 5.15. The van der Waals surface area contributed by atoms with E-state index in [1.54, 1.807) is 0 Å². The third-order valence-electron chi connectivity index (χ3n) is 2.86. The van der Waals surface area contributed by atoms with Crippen molar-refractivity contribution >= 4 is 11.9 Å². The SMILES string of the molecule is COC(=O)CCC(=O)NCCCN1CCOCC1. The van der Waals surface area contributed by atoms with Gasteiger partial charge >= 0.3 is 5.97 Å². The van der Waals surface area contributed by atoms with Gasteiger partial charge < -0.3 is 14.8 Å². The first kappa shape index (κ1) is 14.9. The smallest absolute Gasteiger partial charge is 0.306 e. The Morgan fingerprint density at radius 3 is 2.67 bits per heavy atom. The van der Waals surface area contributed by atoms with Crippen molar-refractivity contribution in [2.75, 3.05) is 46.5 Å². The van der Waals surface area contributed by atoms with Gasteiger partial charge in [0.2, 0.25) is 5.91 Å². The average Bonchev–Trinajstić information content (AvgIpc) is 2.42. The molecule has 1 saturated heterocycles. The van der Waals surface area contributed by atoms with Crippen LogP contribution in [0.5, 0.6) is 0 Å². The van der Waals surface area contributed by atoms with Crippen molar-refractivity contribution in [3.63, 3.8) is 0 Å². The Labute approximate surface area is 108 Å². The molecule has 0 aliphatic carbocycles. The van der Waals surface area contributed by atoms with E-state index in [1.807, 2.05) is 0 Å². The van der Waals surface area contributed by atoms with Gasteiger partial charge in [-0.15, -0.1) is 0 Å². The van der Waals surface area contributed by atoms with Gasteiger partial charge in [-0.05, 0) is 13.0 Å². The van der Waals surface area contributed by atoms with Crippen molar-refractivity contribution < 1.29 is 19.1 Å². The van der Waals surface area contributed by atoms with Crippen molar-refractivity contribution in [3.8, 4) is 0 Å². The maximum atomic E-state index is 11.4. The van der Waals surface area contributed by atoms with Gasteiger partial charge in [0.15, 0.2) is 0 Å². The van der Waals surface area contributed by atoms with E-state index in [2.05, 4.69) is 15.0 Å². The number of nitrogens with one attached hydrogen (secondary N) is 1. The molecule has 0 spiro atoms. The molecule has 104 valence electrons. The second-order valence-electron chi connectivity index (χ2n) is 4.23. The van der Waals surface area contributed by atoms with Crippen LogP contribution >= 0.6 is 0 Å². The Morgan fingerprint density at radius 2 is 2.00 bits per heavy atom. The highest BCUT2D eigenvalue weighted by Crippen LogP contribution is 1.97. The maximum Gasteiger partial charge on any atom is 0.306 e. The normalized spacial score (nSPS) is 16.3. The van der Waals surface area contributed by atoms with E-state index >= 15 is 0 Å². The van der Waals surface area contributed by atoms with Gasteiger partial charge in [-0.3, -0.25) is 14.5 Å². The zero-order valence-electron chi connectivity index (χ0n) is 10.9. The lowest BCUT2D eigenvalue weighted by molar-refractivity contribution is -0.142. The fourth-order valence-electron chi connectivity index (χ4n) is 1.76. The number of carbonyl (C=O) groups excluding carboxylic acids is 2. The Morgan fingerprint density at radius 1 is 1.28 bits per heavy atom. The zero-order chi connectivity index (χ0) is 13.2. The molecular formula is C12H22N2O4. The summed E-state index contributed by atoms with van der Waals surface area (Å²) in [5.41, 5.74) is 0. The molecule has 6 heteroatoms. The van der Waals surface area contributed by atoms with Crippen LogP contribution in [0, 0.1) is 0 Å². The Hall–Kier alpha value is -1.14. The third kappa shape index (κ3) is 6.56. The van der Waals surface area contributed by atoms with Crippen molar-refractivity contribution in [1.29, 1.82) is 0 Å². The lowest BCUT2D eigenvalue weighted by atomic mass is 10.3. The lowest BCUT2D eigenvalue weighted by Crippen LogP contribution is -2.38. The number of rotatable bonds is 7. The summed E-state index contributed by atoms with van der Waals surface area (Å²) >= 11 is 0. The van der Waals surface area contributed by atoms with Crippen LogP contribution in [0.15, 0.2) is 0 Å². The molecule has 0 aromatic heterocycles. The molecule has 1 N–H and O–H groups in total. The molecule has 0 aromatic rings. The van der Waals surface area contributed by atoms with Crippen molar-refractivity contribution in [1.82, 2.24) is 10.2 Å². The summed E-state index contributed by atoms with van der Waals surface area (Å²) < 4.78 is 9.72. The average molecular weight is 258 g/mol. The van der Waals surface area contributed by atoms with E-state index in [1.165, 1.54) is 7.11 Å². The Bertz CT molecular complexity index is 265. The van der Waals surface area contributed by atoms with Crippen LogP contribution in [0.2, 0.25) is 0 Å². The third-order valence-corrected chi connectivity index (χ3v) is 2.86. The molecule has 1 heterocycles. The molecule has 0 aromatic carbocycles. The number of esters is 1. The lowest BCUT2D eigenvalue weighted by Gasteiger charge is -2.26. The molecule has 6 nitrogen and oxygen atoms in total. The number of ether oxygens (including phenoxy) is 2. The van der Waals surface area contributed by atoms with Crippen LogP contribution in [-0.4, -0.2) is 63.3 Å². The molecule has 0 bridgehead atoms. The fourth-order valence-corrected chi connectivity index (χ4v) is 1.76.